The van der Waals surface area contributed by atoms with Gasteiger partial charge >= 0.3 is 0 Å². The number of benzene rings is 1. The second kappa shape index (κ2) is 4.77. The molecule has 0 aliphatic carbocycles. The van der Waals surface area contributed by atoms with Crippen LogP contribution in [0.1, 0.15) is 5.56 Å². The normalized spacial score (nSPS) is 10.9. The van der Waals surface area contributed by atoms with Crippen LogP contribution in [0.15, 0.2) is 28.7 Å². The van der Waals surface area contributed by atoms with Gasteiger partial charge in [-0.2, -0.15) is 0 Å². The number of allylic oxidation sites excluding steroid dienone is 1. The van der Waals surface area contributed by atoms with Crippen molar-refractivity contribution in [3.63, 3.8) is 0 Å². The molecule has 0 aliphatic rings. The van der Waals surface area contributed by atoms with E-state index in [1.54, 1.807) is 6.07 Å². The van der Waals surface area contributed by atoms with Gasteiger partial charge in [-0.1, -0.05) is 34.1 Å². The summed E-state index contributed by atoms with van der Waals surface area (Å²) in [6, 6.07) is 5.04. The van der Waals surface area contributed by atoms with E-state index in [0.717, 1.165) is 10.9 Å². The molecule has 64 valence electrons. The van der Waals surface area contributed by atoms with Gasteiger partial charge in [0.05, 0.1) is 4.47 Å². The molecule has 3 heteroatoms. The van der Waals surface area contributed by atoms with Crippen LogP contribution in [0, 0.1) is 5.82 Å². The fourth-order valence-corrected chi connectivity index (χ4v) is 1.23. The molecule has 0 atom stereocenters. The van der Waals surface area contributed by atoms with E-state index >= 15 is 0 Å². The third-order valence-corrected chi connectivity index (χ3v) is 2.36. The lowest BCUT2D eigenvalue weighted by molar-refractivity contribution is 0.621. The second-order valence-corrected chi connectivity index (χ2v) is 3.73. The summed E-state index contributed by atoms with van der Waals surface area (Å²) in [5.74, 6) is -0.230. The molecule has 0 spiro atoms. The molecular formula is C9H7Br2F. The van der Waals surface area contributed by atoms with Crippen LogP contribution in [-0.2, 0) is 0 Å². The van der Waals surface area contributed by atoms with Crippen molar-refractivity contribution in [1.82, 2.24) is 0 Å². The van der Waals surface area contributed by atoms with Crippen molar-refractivity contribution in [3.8, 4) is 0 Å². The fourth-order valence-electron chi connectivity index (χ4n) is 0.797. The van der Waals surface area contributed by atoms with Crippen LogP contribution < -0.4 is 0 Å². The van der Waals surface area contributed by atoms with Gasteiger partial charge < -0.3 is 0 Å². The van der Waals surface area contributed by atoms with Crippen molar-refractivity contribution in [2.45, 2.75) is 0 Å². The third-order valence-electron chi connectivity index (χ3n) is 1.34. The predicted octanol–water partition coefficient (Wildman–Crippen LogP) is 4.00. The molecule has 0 fully saturated rings. The maximum Gasteiger partial charge on any atom is 0.137 e. The minimum atomic E-state index is -0.230. The molecule has 12 heavy (non-hydrogen) atoms. The van der Waals surface area contributed by atoms with Gasteiger partial charge in [-0.05, 0) is 33.6 Å². The zero-order chi connectivity index (χ0) is 8.97. The quantitative estimate of drug-likeness (QED) is 0.723. The molecule has 0 aliphatic heterocycles. The topological polar surface area (TPSA) is 0 Å². The Bertz CT molecular complexity index is 295. The summed E-state index contributed by atoms with van der Waals surface area (Å²) in [5, 5.41) is 0.782. The molecule has 0 saturated heterocycles. The molecule has 0 bridgehead atoms. The summed E-state index contributed by atoms with van der Waals surface area (Å²) in [6.45, 7) is 0. The number of hydrogen-bond donors (Lipinski definition) is 0. The van der Waals surface area contributed by atoms with Crippen LogP contribution >= 0.6 is 31.9 Å². The standard InChI is InChI=1S/C9H7Br2F/c10-5-1-2-7-3-4-8(11)9(12)6-7/h1-4,6H,5H2. The van der Waals surface area contributed by atoms with E-state index in [1.165, 1.54) is 6.07 Å². The minimum Gasteiger partial charge on any atom is -0.206 e. The molecule has 0 heterocycles. The summed E-state index contributed by atoms with van der Waals surface area (Å²) < 4.78 is 13.4. The van der Waals surface area contributed by atoms with Gasteiger partial charge in [0.25, 0.3) is 0 Å². The Morgan fingerprint density at radius 2 is 2.17 bits per heavy atom. The molecular weight excluding hydrogens is 287 g/mol. The number of hydrogen-bond acceptors (Lipinski definition) is 0. The Kier molecular flexibility index (Phi) is 3.95. The first-order valence-corrected chi connectivity index (χ1v) is 5.33. The van der Waals surface area contributed by atoms with Gasteiger partial charge in [0.15, 0.2) is 0 Å². The molecule has 1 aromatic carbocycles. The van der Waals surface area contributed by atoms with E-state index < -0.39 is 0 Å². The van der Waals surface area contributed by atoms with E-state index in [9.17, 15) is 4.39 Å². The summed E-state index contributed by atoms with van der Waals surface area (Å²) in [6.07, 6.45) is 3.78. The summed E-state index contributed by atoms with van der Waals surface area (Å²) in [5.41, 5.74) is 0.871. The first kappa shape index (κ1) is 9.93. The molecule has 0 aromatic heterocycles. The maximum atomic E-state index is 12.9. The smallest absolute Gasteiger partial charge is 0.137 e. The number of halogens is 3. The molecule has 0 amide bonds. The van der Waals surface area contributed by atoms with E-state index in [-0.39, 0.29) is 5.82 Å². The van der Waals surface area contributed by atoms with E-state index in [4.69, 9.17) is 0 Å². The van der Waals surface area contributed by atoms with Crippen LogP contribution in [0.5, 0.6) is 0 Å². The van der Waals surface area contributed by atoms with E-state index in [2.05, 4.69) is 31.9 Å². The molecule has 1 rings (SSSR count). The Hall–Kier alpha value is -0.150. The lowest BCUT2D eigenvalue weighted by Crippen LogP contribution is -1.78. The van der Waals surface area contributed by atoms with Gasteiger partial charge in [0.2, 0.25) is 0 Å². The van der Waals surface area contributed by atoms with Gasteiger partial charge in [0.1, 0.15) is 5.82 Å². The lowest BCUT2D eigenvalue weighted by atomic mass is 10.2. The van der Waals surface area contributed by atoms with Crippen molar-refractivity contribution < 1.29 is 4.39 Å². The van der Waals surface area contributed by atoms with Crippen molar-refractivity contribution in [2.75, 3.05) is 5.33 Å². The Balaban J connectivity index is 2.89. The van der Waals surface area contributed by atoms with Crippen LogP contribution in [0.4, 0.5) is 4.39 Å². The summed E-state index contributed by atoms with van der Waals surface area (Å²) in [4.78, 5) is 0. The minimum absolute atomic E-state index is 0.230. The highest BCUT2D eigenvalue weighted by atomic mass is 79.9. The van der Waals surface area contributed by atoms with Crippen molar-refractivity contribution in [1.29, 1.82) is 0 Å². The Morgan fingerprint density at radius 3 is 2.75 bits per heavy atom. The average molecular weight is 294 g/mol. The fraction of sp³-hybridized carbons (Fsp3) is 0.111. The van der Waals surface area contributed by atoms with E-state index in [1.807, 2.05) is 18.2 Å². The Morgan fingerprint density at radius 1 is 1.42 bits per heavy atom. The van der Waals surface area contributed by atoms with E-state index in [0.29, 0.717) is 4.47 Å². The van der Waals surface area contributed by atoms with Crippen molar-refractivity contribution in [2.24, 2.45) is 0 Å². The first-order valence-electron chi connectivity index (χ1n) is 3.41. The summed E-state index contributed by atoms with van der Waals surface area (Å²) in [7, 11) is 0. The highest BCUT2D eigenvalue weighted by molar-refractivity contribution is 9.10. The zero-order valence-electron chi connectivity index (χ0n) is 6.23. The maximum absolute atomic E-state index is 12.9. The first-order chi connectivity index (χ1) is 5.74. The van der Waals surface area contributed by atoms with Gasteiger partial charge in [-0.3, -0.25) is 0 Å². The molecule has 0 nitrogen and oxygen atoms in total. The second-order valence-electron chi connectivity index (χ2n) is 2.23. The average Bonchev–Trinajstić information content (AvgIpc) is 2.07. The molecule has 0 saturated carbocycles. The Labute approximate surface area is 87.7 Å². The van der Waals surface area contributed by atoms with Crippen LogP contribution in [-0.4, -0.2) is 5.33 Å². The molecule has 0 radical (unpaired) electrons. The molecule has 0 N–H and O–H groups in total. The van der Waals surface area contributed by atoms with Gasteiger partial charge in [-0.25, -0.2) is 4.39 Å². The lowest BCUT2D eigenvalue weighted by Gasteiger charge is -1.95. The highest BCUT2D eigenvalue weighted by Gasteiger charge is 1.96. The van der Waals surface area contributed by atoms with Crippen molar-refractivity contribution >= 4 is 37.9 Å². The summed E-state index contributed by atoms with van der Waals surface area (Å²) >= 11 is 6.34. The van der Waals surface area contributed by atoms with Crippen LogP contribution in [0.25, 0.3) is 6.08 Å². The van der Waals surface area contributed by atoms with Crippen LogP contribution in [0.2, 0.25) is 0 Å². The zero-order valence-corrected chi connectivity index (χ0v) is 9.40. The third kappa shape index (κ3) is 2.72. The van der Waals surface area contributed by atoms with Crippen LogP contribution in [0.3, 0.4) is 0 Å². The number of alkyl halides is 1. The monoisotopic (exact) mass is 292 g/mol. The SMILES string of the molecule is Fc1cc(C=CCBr)ccc1Br. The molecule has 1 aromatic rings. The number of rotatable bonds is 2. The highest BCUT2D eigenvalue weighted by Crippen LogP contribution is 2.16. The van der Waals surface area contributed by atoms with Gasteiger partial charge in [0, 0.05) is 5.33 Å². The largest absolute Gasteiger partial charge is 0.206 e. The van der Waals surface area contributed by atoms with Crippen molar-refractivity contribution in [3.05, 3.63) is 40.1 Å². The molecule has 0 unspecified atom stereocenters. The van der Waals surface area contributed by atoms with Gasteiger partial charge in [-0.15, -0.1) is 0 Å². The predicted molar refractivity (Wildman–Crippen MR) is 56.9 cm³/mol.